The zero-order valence-electron chi connectivity index (χ0n) is 16.5. The fraction of sp³-hybridized carbons (Fsp3) is 0.130. The Morgan fingerprint density at radius 1 is 1.03 bits per heavy atom. The van der Waals surface area contributed by atoms with Crippen molar-refractivity contribution >= 4 is 40.8 Å². The number of rotatable bonds is 6. The maximum absolute atomic E-state index is 14.5. The van der Waals surface area contributed by atoms with E-state index in [9.17, 15) is 26.8 Å². The quantitative estimate of drug-likeness (QED) is 0.434. The van der Waals surface area contributed by atoms with Crippen molar-refractivity contribution in [3.8, 4) is 0 Å². The third kappa shape index (κ3) is 4.28. The molecule has 1 heterocycles. The van der Waals surface area contributed by atoms with Gasteiger partial charge in [-0.2, -0.15) is 3.89 Å². The average Bonchev–Trinajstić information content (AvgIpc) is 2.81. The molecule has 164 valence electrons. The topological polar surface area (TPSA) is 73.0 Å². The van der Waals surface area contributed by atoms with Crippen LogP contribution in [0.15, 0.2) is 69.3 Å². The van der Waals surface area contributed by atoms with E-state index in [0.29, 0.717) is 10.5 Å². The number of halogens is 3. The van der Waals surface area contributed by atoms with Crippen molar-refractivity contribution in [2.24, 2.45) is 0 Å². The van der Waals surface area contributed by atoms with Gasteiger partial charge in [-0.1, -0.05) is 42.5 Å². The summed E-state index contributed by atoms with van der Waals surface area (Å²) in [6.45, 7) is 0. The molecule has 3 aromatic rings. The van der Waals surface area contributed by atoms with Crippen molar-refractivity contribution in [2.75, 3.05) is 0 Å². The predicted octanol–water partition coefficient (Wildman–Crippen LogP) is 3.84. The van der Waals surface area contributed by atoms with Gasteiger partial charge in [0.2, 0.25) is 16.2 Å². The molecule has 1 atom stereocenters. The second kappa shape index (κ2) is 9.40. The molecule has 4 rings (SSSR count). The van der Waals surface area contributed by atoms with Gasteiger partial charge in [-0.15, -0.1) is 0 Å². The summed E-state index contributed by atoms with van der Waals surface area (Å²) in [4.78, 5) is 29.3. The number of pyridine rings is 1. The molecule has 0 amide bonds. The van der Waals surface area contributed by atoms with Crippen molar-refractivity contribution in [3.05, 3.63) is 92.1 Å². The zero-order chi connectivity index (χ0) is 22.8. The molecule has 0 radical (unpaired) electrons. The lowest BCUT2D eigenvalue weighted by Crippen LogP contribution is -2.49. The number of hydrogen-bond donors (Lipinski definition) is 1. The Labute approximate surface area is 188 Å². The number of H-pyrrole nitrogens is 1. The van der Waals surface area contributed by atoms with Gasteiger partial charge in [0.15, 0.2) is 0 Å². The molecule has 1 N–H and O–H groups in total. The van der Waals surface area contributed by atoms with Crippen LogP contribution in [-0.4, -0.2) is 15.3 Å². The van der Waals surface area contributed by atoms with Crippen LogP contribution in [0.3, 0.4) is 0 Å². The minimum Gasteiger partial charge on any atom is -0.610 e. The molecule has 1 aliphatic rings. The smallest absolute Gasteiger partial charge is 0.238 e. The van der Waals surface area contributed by atoms with Crippen molar-refractivity contribution in [3.63, 3.8) is 0 Å². The maximum Gasteiger partial charge on any atom is 0.238 e. The number of carbonyl (C=O) groups is 1. The van der Waals surface area contributed by atoms with Gasteiger partial charge in [-0.25, -0.2) is 8.78 Å². The summed E-state index contributed by atoms with van der Waals surface area (Å²) in [7, 11) is 0. The largest absolute Gasteiger partial charge is 0.610 e. The first kappa shape index (κ1) is 22.4. The molecule has 32 heavy (non-hydrogen) atoms. The molecular weight excluding hydrogens is 459 g/mol. The maximum atomic E-state index is 14.5. The van der Waals surface area contributed by atoms with Crippen molar-refractivity contribution < 1.29 is 22.0 Å². The molecule has 0 spiro atoms. The summed E-state index contributed by atoms with van der Waals surface area (Å²) >= 11 is -1.91. The van der Waals surface area contributed by atoms with E-state index in [4.69, 9.17) is 0 Å². The molecule has 0 aliphatic heterocycles. The van der Waals surface area contributed by atoms with Gasteiger partial charge < -0.3 is 9.54 Å². The van der Waals surface area contributed by atoms with E-state index in [-0.39, 0.29) is 46.7 Å². The number of ketones is 1. The first-order valence-electron chi connectivity index (χ1n) is 9.60. The highest BCUT2D eigenvalue weighted by molar-refractivity contribution is 7.94. The second-order valence-electron chi connectivity index (χ2n) is 7.12. The van der Waals surface area contributed by atoms with E-state index in [2.05, 4.69) is 4.98 Å². The molecule has 0 bridgehead atoms. The van der Waals surface area contributed by atoms with Crippen LogP contribution >= 0.6 is 12.1 Å². The highest BCUT2D eigenvalue weighted by atomic mass is 32.2. The average molecular weight is 476 g/mol. The van der Waals surface area contributed by atoms with Crippen LogP contribution in [0.1, 0.15) is 34.3 Å². The van der Waals surface area contributed by atoms with Crippen LogP contribution < -0.4 is 16.0 Å². The number of fused-ring (bicyclic) bond motifs is 1. The Morgan fingerprint density at radius 2 is 1.69 bits per heavy atom. The zero-order valence-corrected chi connectivity index (χ0v) is 18.1. The van der Waals surface area contributed by atoms with E-state index < -0.39 is 44.8 Å². The fourth-order valence-electron chi connectivity index (χ4n) is 3.48. The van der Waals surface area contributed by atoms with Crippen LogP contribution in [-0.2, 0) is 16.9 Å². The molecule has 1 aliphatic carbocycles. The molecule has 0 saturated carbocycles. The normalized spacial score (nSPS) is 14.2. The standard InChI is InChI=1S/C23H16F3NO3S2/c24-16-10-11-17(25)20-18(16)22(29)19(21(28)14-4-2-1-3-5-14)23(27-20)32(30)12-13-6-8-15(31-26)9-7-13/h1-9,27H,10-12H2. The molecule has 0 fully saturated rings. The highest BCUT2D eigenvalue weighted by Crippen LogP contribution is 2.23. The molecule has 1 unspecified atom stereocenters. The Bertz CT molecular complexity index is 1360. The van der Waals surface area contributed by atoms with E-state index in [1.54, 1.807) is 30.3 Å². The monoisotopic (exact) mass is 475 g/mol. The van der Waals surface area contributed by atoms with Gasteiger partial charge in [-0.05, 0) is 12.1 Å². The minimum atomic E-state index is -1.97. The third-order valence-electron chi connectivity index (χ3n) is 5.08. The summed E-state index contributed by atoms with van der Waals surface area (Å²) in [5, 5.41) is -1.18. The van der Waals surface area contributed by atoms with Crippen LogP contribution in [0.4, 0.5) is 12.7 Å². The lowest BCUT2D eigenvalue weighted by molar-refractivity contribution is 0.103. The number of benzene rings is 2. The van der Waals surface area contributed by atoms with Gasteiger partial charge in [0.1, 0.15) is 23.0 Å². The summed E-state index contributed by atoms with van der Waals surface area (Å²) in [6.07, 6.45) is -0.530. The van der Waals surface area contributed by atoms with E-state index in [1.165, 1.54) is 24.3 Å². The van der Waals surface area contributed by atoms with Gasteiger partial charge in [-0.3, -0.25) is 9.59 Å². The predicted molar refractivity (Wildman–Crippen MR) is 118 cm³/mol. The molecule has 2 aromatic carbocycles. The van der Waals surface area contributed by atoms with Crippen molar-refractivity contribution in [2.45, 2.75) is 28.5 Å². The number of aromatic amines is 1. The summed E-state index contributed by atoms with van der Waals surface area (Å²) < 4.78 is 54.9. The van der Waals surface area contributed by atoms with Gasteiger partial charge >= 0.3 is 0 Å². The van der Waals surface area contributed by atoms with E-state index in [1.807, 2.05) is 0 Å². The van der Waals surface area contributed by atoms with Crippen LogP contribution in [0.25, 0.3) is 11.7 Å². The summed E-state index contributed by atoms with van der Waals surface area (Å²) in [5.74, 6) is -2.41. The van der Waals surface area contributed by atoms with Crippen molar-refractivity contribution in [1.82, 2.24) is 4.98 Å². The summed E-state index contributed by atoms with van der Waals surface area (Å²) in [5.41, 5.74) is -0.761. The lowest BCUT2D eigenvalue weighted by atomic mass is 10.0. The molecule has 1 aromatic heterocycles. The number of hydrogen-bond acceptors (Lipinski definition) is 4. The fourth-order valence-corrected chi connectivity index (χ4v) is 4.99. The minimum absolute atomic E-state index is 0.0643. The first-order chi connectivity index (χ1) is 15.4. The van der Waals surface area contributed by atoms with E-state index in [0.717, 1.165) is 0 Å². The third-order valence-corrected chi connectivity index (χ3v) is 6.88. The van der Waals surface area contributed by atoms with Gasteiger partial charge in [0, 0.05) is 40.0 Å². The number of carbonyl (C=O) groups excluding carboxylic acids is 1. The Kier molecular flexibility index (Phi) is 6.59. The lowest BCUT2D eigenvalue weighted by Gasteiger charge is -2.15. The Balaban J connectivity index is 1.90. The van der Waals surface area contributed by atoms with Gasteiger partial charge in [0.05, 0.1) is 22.7 Å². The molecule has 4 nitrogen and oxygen atoms in total. The van der Waals surface area contributed by atoms with Gasteiger partial charge in [0.25, 0.3) is 0 Å². The van der Waals surface area contributed by atoms with E-state index >= 15 is 0 Å². The molecule has 9 heteroatoms. The second-order valence-corrected chi connectivity index (χ2v) is 9.14. The highest BCUT2D eigenvalue weighted by Gasteiger charge is 2.30. The van der Waals surface area contributed by atoms with Crippen molar-refractivity contribution in [1.29, 1.82) is 0 Å². The Hall–Kier alpha value is -2.75. The van der Waals surface area contributed by atoms with Crippen LogP contribution in [0.5, 0.6) is 0 Å². The SMILES string of the molecule is O=C(c1ccccc1)c1c([S+]([O-])Cc2ccc(SF)cc2)[nH]c2c(c1=O)=C(F)CCC=2F. The molecule has 0 saturated heterocycles. The van der Waals surface area contributed by atoms with Crippen LogP contribution in [0, 0.1) is 0 Å². The Morgan fingerprint density at radius 3 is 2.34 bits per heavy atom. The molecular formula is C23H16F3NO3S2. The number of nitrogens with one attached hydrogen (secondary N) is 1. The summed E-state index contributed by atoms with van der Waals surface area (Å²) in [6, 6.07) is 14.0. The number of aromatic nitrogens is 1. The van der Waals surface area contributed by atoms with Crippen LogP contribution in [0.2, 0.25) is 0 Å². The first-order valence-corrected chi connectivity index (χ1v) is 11.6.